The molecule has 0 bridgehead atoms. The number of benzene rings is 4. The van der Waals surface area contributed by atoms with Gasteiger partial charge in [-0.25, -0.2) is 9.18 Å². The summed E-state index contributed by atoms with van der Waals surface area (Å²) in [5.41, 5.74) is 5.06. The molecule has 0 unspecified atom stereocenters. The average Bonchev–Trinajstić information content (AvgIpc) is 3.41. The van der Waals surface area contributed by atoms with Crippen LogP contribution < -0.4 is 14.8 Å². The summed E-state index contributed by atoms with van der Waals surface area (Å²) in [4.78, 5) is 36.9. The van der Waals surface area contributed by atoms with Gasteiger partial charge in [0, 0.05) is 50.6 Å². The number of carbonyl (C=O) groups is 2. The number of carbonyl (C=O) groups excluding carboxylic acids is 2. The number of halogens is 1. The van der Waals surface area contributed by atoms with E-state index in [0.29, 0.717) is 49.4 Å². The molecule has 392 valence electrons. The quantitative estimate of drug-likeness (QED) is 0.0267. The summed E-state index contributed by atoms with van der Waals surface area (Å²) in [7, 11) is 0. The number of nitrogens with zero attached hydrogens (tertiary/aromatic N) is 2. The molecule has 4 aromatic rings. The zero-order valence-electron chi connectivity index (χ0n) is 42.9. The minimum absolute atomic E-state index is 0.00256. The number of allylic oxidation sites excluding steroid dienone is 1. The third-order valence-corrected chi connectivity index (χ3v) is 14.8. The van der Waals surface area contributed by atoms with Crippen molar-refractivity contribution in [3.63, 3.8) is 0 Å². The third-order valence-electron chi connectivity index (χ3n) is 14.8. The summed E-state index contributed by atoms with van der Waals surface area (Å²) in [5.74, 6) is -1.97. The van der Waals surface area contributed by atoms with Gasteiger partial charge in [0.15, 0.2) is 0 Å². The lowest BCUT2D eigenvalue weighted by atomic mass is 9.55. The maximum absolute atomic E-state index is 15.3. The minimum atomic E-state index is -1.49. The Hall–Kier alpha value is -5.82. The Bertz CT molecular complexity index is 2400. The van der Waals surface area contributed by atoms with Gasteiger partial charge in [-0.3, -0.25) is 4.79 Å². The molecule has 0 spiro atoms. The van der Waals surface area contributed by atoms with E-state index in [4.69, 9.17) is 24.2 Å². The second kappa shape index (κ2) is 28.6. The Balaban J connectivity index is 1.35. The molecule has 1 heterocycles. The molecule has 0 saturated heterocycles. The van der Waals surface area contributed by atoms with Crippen LogP contribution in [0.15, 0.2) is 133 Å². The zero-order valence-corrected chi connectivity index (χ0v) is 42.9. The summed E-state index contributed by atoms with van der Waals surface area (Å²) in [5, 5.41) is 28.0. The molecule has 2 amide bonds. The Kier molecular flexibility index (Phi) is 21.5. The van der Waals surface area contributed by atoms with Crippen LogP contribution in [0.5, 0.6) is 11.5 Å². The van der Waals surface area contributed by atoms with E-state index >= 15 is 4.79 Å². The van der Waals surface area contributed by atoms with Crippen LogP contribution in [0.3, 0.4) is 0 Å². The molecule has 12 heteroatoms. The van der Waals surface area contributed by atoms with Crippen LogP contribution in [0.4, 0.5) is 9.18 Å². The summed E-state index contributed by atoms with van der Waals surface area (Å²) in [6, 6.07) is 30.5. The smallest absolute Gasteiger partial charge is 0.412 e. The molecule has 7 rings (SSSR count). The van der Waals surface area contributed by atoms with Crippen molar-refractivity contribution in [3.05, 3.63) is 156 Å². The molecular formula is C61H78FN3O8. The van der Waals surface area contributed by atoms with Crippen LogP contribution in [-0.2, 0) is 34.1 Å². The zero-order chi connectivity index (χ0) is 51.3. The van der Waals surface area contributed by atoms with Crippen molar-refractivity contribution in [3.8, 4) is 11.5 Å². The van der Waals surface area contributed by atoms with E-state index < -0.39 is 23.8 Å². The molecule has 4 aromatic carbocycles. The van der Waals surface area contributed by atoms with Crippen LogP contribution in [0, 0.1) is 23.6 Å². The third kappa shape index (κ3) is 14.9. The largest absolute Gasteiger partial charge is 0.459 e. The number of fused-ring (bicyclic) bond motifs is 2. The van der Waals surface area contributed by atoms with E-state index in [9.17, 15) is 19.4 Å². The van der Waals surface area contributed by atoms with E-state index in [2.05, 4.69) is 24.9 Å². The van der Waals surface area contributed by atoms with Crippen LogP contribution >= 0.6 is 0 Å². The highest BCUT2D eigenvalue weighted by atomic mass is 19.1. The first kappa shape index (κ1) is 54.9. The monoisotopic (exact) mass is 1000 g/mol. The van der Waals surface area contributed by atoms with Gasteiger partial charge in [-0.05, 0) is 96.5 Å². The van der Waals surface area contributed by atoms with Crippen molar-refractivity contribution in [2.75, 3.05) is 19.8 Å². The molecule has 73 heavy (non-hydrogen) atoms. The first-order chi connectivity index (χ1) is 35.8. The number of aliphatic hydroxyl groups is 2. The van der Waals surface area contributed by atoms with Crippen LogP contribution in [-0.4, -0.2) is 64.5 Å². The number of oxime groups is 1. The molecule has 3 N–H and O–H groups in total. The Morgan fingerprint density at radius 2 is 1.49 bits per heavy atom. The fourth-order valence-electron chi connectivity index (χ4n) is 11.3. The summed E-state index contributed by atoms with van der Waals surface area (Å²) < 4.78 is 35.2. The Morgan fingerprint density at radius 3 is 2.18 bits per heavy atom. The van der Waals surface area contributed by atoms with Crippen molar-refractivity contribution in [2.45, 2.75) is 154 Å². The fourth-order valence-corrected chi connectivity index (χ4v) is 11.3. The van der Waals surface area contributed by atoms with Crippen LogP contribution in [0.25, 0.3) is 0 Å². The molecule has 1 aliphatic heterocycles. The van der Waals surface area contributed by atoms with Crippen molar-refractivity contribution >= 4 is 17.7 Å². The lowest BCUT2D eigenvalue weighted by Crippen LogP contribution is -2.70. The highest BCUT2D eigenvalue weighted by Crippen LogP contribution is 2.62. The molecule has 1 fully saturated rings. The number of nitrogens with one attached hydrogen (secondary N) is 1. The molecule has 0 radical (unpaired) electrons. The van der Waals surface area contributed by atoms with Crippen molar-refractivity contribution in [2.24, 2.45) is 22.9 Å². The standard InChI is InChI=1S/C61H78FN3O8/c1-3-5-6-7-8-9-10-11-18-29-57(68)65(43-46-30-32-49(62)33-31-46)56-41-54(64-71-44-47-25-16-13-17-26-47)52-39-48(27-19-21-36-66)51(28-20-22-37-67)58-53-40-50(72-60(69)63-42-45-23-14-12-15-24-45)34-35-55(53)73-61(56,59(52)58)70-38-4-2/h4,12-17,23-26,30-35,39-40,48,51,56,58-59,66-67H,2-3,5-11,18-22,27-29,36-38,41-44H2,1H3,(H,63,69)/t48-,51+,56-,58+,59+,61+/m0/s1. The molecule has 6 atom stereocenters. The van der Waals surface area contributed by atoms with E-state index in [1.54, 1.807) is 24.3 Å². The molecule has 1 saturated carbocycles. The molecule has 2 aliphatic carbocycles. The number of ether oxygens (including phenoxy) is 3. The summed E-state index contributed by atoms with van der Waals surface area (Å²) in [6.45, 7) is 7.23. The topological polar surface area (TPSA) is 139 Å². The minimum Gasteiger partial charge on any atom is -0.459 e. The lowest BCUT2D eigenvalue weighted by Gasteiger charge is -2.60. The van der Waals surface area contributed by atoms with Gasteiger partial charge in [-0.2, -0.15) is 0 Å². The van der Waals surface area contributed by atoms with E-state index in [-0.39, 0.29) is 68.9 Å². The molecule has 11 nitrogen and oxygen atoms in total. The van der Waals surface area contributed by atoms with Gasteiger partial charge in [0.2, 0.25) is 11.7 Å². The maximum atomic E-state index is 15.3. The fraction of sp³-hybridized carbons (Fsp3) is 0.492. The number of hydrogen-bond acceptors (Lipinski definition) is 9. The molecule has 0 aromatic heterocycles. The second-order valence-electron chi connectivity index (χ2n) is 20.0. The predicted octanol–water partition coefficient (Wildman–Crippen LogP) is 12.9. The average molecular weight is 1000 g/mol. The van der Waals surface area contributed by atoms with Crippen molar-refractivity contribution < 1.29 is 43.2 Å². The number of unbranched alkanes of at least 4 members (excludes halogenated alkanes) is 10. The Morgan fingerprint density at radius 1 is 0.822 bits per heavy atom. The van der Waals surface area contributed by atoms with Crippen LogP contribution in [0.1, 0.15) is 144 Å². The van der Waals surface area contributed by atoms with Gasteiger partial charge in [0.05, 0.1) is 18.2 Å². The first-order valence-electron chi connectivity index (χ1n) is 27.1. The van der Waals surface area contributed by atoms with Gasteiger partial charge in [0.25, 0.3) is 0 Å². The van der Waals surface area contributed by atoms with E-state index in [1.807, 2.05) is 77.7 Å². The molecular weight excluding hydrogens is 922 g/mol. The lowest BCUT2D eigenvalue weighted by molar-refractivity contribution is -0.258. The van der Waals surface area contributed by atoms with Gasteiger partial charge in [0.1, 0.15) is 30.0 Å². The van der Waals surface area contributed by atoms with E-state index in [1.165, 1.54) is 44.2 Å². The summed E-state index contributed by atoms with van der Waals surface area (Å²) >= 11 is 0. The van der Waals surface area contributed by atoms with Gasteiger partial charge < -0.3 is 39.5 Å². The van der Waals surface area contributed by atoms with Gasteiger partial charge >= 0.3 is 6.09 Å². The van der Waals surface area contributed by atoms with Gasteiger partial charge in [-0.15, -0.1) is 6.58 Å². The van der Waals surface area contributed by atoms with Crippen LogP contribution in [0.2, 0.25) is 0 Å². The first-order valence-corrected chi connectivity index (χ1v) is 27.1. The van der Waals surface area contributed by atoms with Gasteiger partial charge in [-0.1, -0.05) is 161 Å². The SMILES string of the molecule is C=CCO[C@@]12Oc3ccc(OC(=O)NCc4ccccc4)cc3[C@H]3[C@H](CCCCO)[C@@H](CCCCO)C=C(C(=NOCc4ccccc4)C[C@@H]1N(Cc1ccc(F)cc1)C(=O)CCCCCCCCCCC)[C@H]32. The number of amides is 2. The number of hydrogen-bond donors (Lipinski definition) is 3. The highest BCUT2D eigenvalue weighted by molar-refractivity contribution is 6.03. The Labute approximate surface area is 432 Å². The van der Waals surface area contributed by atoms with E-state index in [0.717, 1.165) is 72.8 Å². The highest BCUT2D eigenvalue weighted by Gasteiger charge is 2.65. The number of aliphatic hydroxyl groups excluding tert-OH is 2. The second-order valence-corrected chi connectivity index (χ2v) is 20.0. The predicted molar refractivity (Wildman–Crippen MR) is 284 cm³/mol. The normalized spacial score (nSPS) is 21.3. The maximum Gasteiger partial charge on any atom is 0.412 e. The van der Waals surface area contributed by atoms with Crippen molar-refractivity contribution in [1.29, 1.82) is 0 Å². The number of rotatable bonds is 30. The molecule has 3 aliphatic rings. The van der Waals surface area contributed by atoms with Crippen molar-refractivity contribution in [1.82, 2.24) is 10.2 Å². The summed E-state index contributed by atoms with van der Waals surface area (Å²) in [6.07, 6.45) is 18.2.